The average Bonchev–Trinajstić information content (AvgIpc) is 2.17. The summed E-state index contributed by atoms with van der Waals surface area (Å²) in [5.41, 5.74) is 1.82. The van der Waals surface area contributed by atoms with Crippen LogP contribution in [0.1, 0.15) is 19.4 Å². The minimum Gasteiger partial charge on any atom is -0.178 e. The highest BCUT2D eigenvalue weighted by Gasteiger charge is 2.09. The fourth-order valence-corrected chi connectivity index (χ4v) is 0.839. The van der Waals surface area contributed by atoms with Crippen molar-refractivity contribution in [1.82, 2.24) is 0 Å². The fourth-order valence-electron chi connectivity index (χ4n) is 0.839. The highest BCUT2D eigenvalue weighted by atomic mass is 15.1. The number of rotatable bonds is 3. The van der Waals surface area contributed by atoms with Gasteiger partial charge < -0.3 is 0 Å². The van der Waals surface area contributed by atoms with E-state index in [0.717, 1.165) is 5.69 Å². The predicted molar refractivity (Wildman–Crippen MR) is 60.0 cm³/mol. The molecule has 2 nitrogen and oxygen atoms in total. The molecule has 0 N–H and O–H groups in total. The molecule has 0 unspecified atom stereocenters. The summed E-state index contributed by atoms with van der Waals surface area (Å²) < 4.78 is 0. The number of azo groups is 1. The number of nitrogens with zero attached hydrogens (tertiary/aromatic N) is 2. The number of hydrogen-bond acceptors (Lipinski definition) is 2. The molecule has 0 atom stereocenters. The molecule has 0 spiro atoms. The molecule has 0 amide bonds. The predicted octanol–water partition coefficient (Wildman–Crippen LogP) is 4.04. The molecule has 0 saturated carbocycles. The first-order valence-corrected chi connectivity index (χ1v) is 4.67. The van der Waals surface area contributed by atoms with Crippen molar-refractivity contribution in [3.8, 4) is 0 Å². The van der Waals surface area contributed by atoms with Crippen molar-refractivity contribution in [2.45, 2.75) is 26.3 Å². The fraction of sp³-hybridized carbons (Fsp3) is 0.333. The largest absolute Gasteiger partial charge is 0.178 e. The maximum absolute atomic E-state index is 4.18. The van der Waals surface area contributed by atoms with E-state index in [-0.39, 0.29) is 5.54 Å². The minimum atomic E-state index is -0.287. The third kappa shape index (κ3) is 3.13. The molecule has 0 saturated heterocycles. The van der Waals surface area contributed by atoms with Crippen molar-refractivity contribution < 1.29 is 0 Å². The maximum Gasteiger partial charge on any atom is 0.0941 e. The van der Waals surface area contributed by atoms with E-state index in [1.165, 1.54) is 5.56 Å². The summed E-state index contributed by atoms with van der Waals surface area (Å²) in [4.78, 5) is 0. The van der Waals surface area contributed by atoms with Gasteiger partial charge in [-0.3, -0.25) is 0 Å². The molecule has 14 heavy (non-hydrogen) atoms. The average molecular weight is 188 g/mol. The molecule has 2 heteroatoms. The van der Waals surface area contributed by atoms with Crippen LogP contribution in [0.25, 0.3) is 0 Å². The first-order chi connectivity index (χ1) is 6.53. The zero-order valence-electron chi connectivity index (χ0n) is 8.99. The molecule has 0 fully saturated rings. The standard InChI is InChI=1S/C12H16N2/c1-5-12(3,4)14-13-11-8-6-10(2)7-9-11/h5-9H,1H2,2-4H3. The SMILES string of the molecule is C=CC(C)(C)N=Nc1ccc(C)cc1. The van der Waals surface area contributed by atoms with Crippen molar-refractivity contribution in [2.75, 3.05) is 0 Å². The molecule has 0 bridgehead atoms. The Hall–Kier alpha value is -1.44. The van der Waals surface area contributed by atoms with Crippen LogP contribution in [0, 0.1) is 6.92 Å². The lowest BCUT2D eigenvalue weighted by molar-refractivity contribution is 0.621. The van der Waals surface area contributed by atoms with E-state index < -0.39 is 0 Å². The van der Waals surface area contributed by atoms with Crippen LogP contribution in [0.5, 0.6) is 0 Å². The summed E-state index contributed by atoms with van der Waals surface area (Å²) in [6.07, 6.45) is 1.78. The molecule has 0 aliphatic carbocycles. The monoisotopic (exact) mass is 188 g/mol. The topological polar surface area (TPSA) is 24.7 Å². The third-order valence-corrected chi connectivity index (χ3v) is 1.96. The zero-order chi connectivity index (χ0) is 10.6. The van der Waals surface area contributed by atoms with Crippen LogP contribution >= 0.6 is 0 Å². The summed E-state index contributed by atoms with van der Waals surface area (Å²) >= 11 is 0. The molecule has 0 aliphatic heterocycles. The zero-order valence-corrected chi connectivity index (χ0v) is 8.99. The van der Waals surface area contributed by atoms with Gasteiger partial charge in [-0.2, -0.15) is 10.2 Å². The van der Waals surface area contributed by atoms with Crippen molar-refractivity contribution in [2.24, 2.45) is 10.2 Å². The molecule has 0 aliphatic rings. The smallest absolute Gasteiger partial charge is 0.0941 e. The molecule has 0 heterocycles. The lowest BCUT2D eigenvalue weighted by Gasteiger charge is -2.10. The normalized spacial score (nSPS) is 11.9. The second-order valence-electron chi connectivity index (χ2n) is 3.89. The van der Waals surface area contributed by atoms with Crippen LogP contribution in [0.2, 0.25) is 0 Å². The van der Waals surface area contributed by atoms with E-state index in [9.17, 15) is 0 Å². The molecule has 0 aromatic heterocycles. The third-order valence-electron chi connectivity index (χ3n) is 1.96. The van der Waals surface area contributed by atoms with Crippen molar-refractivity contribution >= 4 is 5.69 Å². The number of aryl methyl sites for hydroxylation is 1. The Labute approximate surface area is 85.4 Å². The van der Waals surface area contributed by atoms with Gasteiger partial charge >= 0.3 is 0 Å². The molecule has 74 valence electrons. The Morgan fingerprint density at radius 3 is 2.29 bits per heavy atom. The second kappa shape index (κ2) is 4.18. The van der Waals surface area contributed by atoms with E-state index in [4.69, 9.17) is 0 Å². The number of benzene rings is 1. The van der Waals surface area contributed by atoms with Gasteiger partial charge in [0.1, 0.15) is 0 Å². The van der Waals surface area contributed by atoms with Crippen molar-refractivity contribution in [3.05, 3.63) is 42.5 Å². The highest BCUT2D eigenvalue weighted by Crippen LogP contribution is 2.17. The summed E-state index contributed by atoms with van der Waals surface area (Å²) in [6, 6.07) is 7.96. The molecule has 1 aromatic carbocycles. The van der Waals surface area contributed by atoms with Crippen LogP contribution in [-0.2, 0) is 0 Å². The van der Waals surface area contributed by atoms with Crippen LogP contribution in [0.3, 0.4) is 0 Å². The second-order valence-corrected chi connectivity index (χ2v) is 3.89. The Morgan fingerprint density at radius 1 is 1.21 bits per heavy atom. The molecule has 1 rings (SSSR count). The van der Waals surface area contributed by atoms with E-state index in [1.54, 1.807) is 6.08 Å². The van der Waals surface area contributed by atoms with E-state index >= 15 is 0 Å². The van der Waals surface area contributed by atoms with Crippen molar-refractivity contribution in [3.63, 3.8) is 0 Å². The van der Waals surface area contributed by atoms with Gasteiger partial charge in [0.15, 0.2) is 0 Å². The molecular weight excluding hydrogens is 172 g/mol. The molecule has 1 aromatic rings. The van der Waals surface area contributed by atoms with Gasteiger partial charge in [0, 0.05) is 0 Å². The van der Waals surface area contributed by atoms with Gasteiger partial charge in [-0.05, 0) is 32.9 Å². The summed E-state index contributed by atoms with van der Waals surface area (Å²) in [5.74, 6) is 0. The summed E-state index contributed by atoms with van der Waals surface area (Å²) in [7, 11) is 0. The lowest BCUT2D eigenvalue weighted by atomic mass is 10.1. The van der Waals surface area contributed by atoms with Gasteiger partial charge in [-0.25, -0.2) is 0 Å². The quantitative estimate of drug-likeness (QED) is 0.505. The Balaban J connectivity index is 2.78. The maximum atomic E-state index is 4.18. The van der Waals surface area contributed by atoms with E-state index in [1.807, 2.05) is 38.1 Å². The van der Waals surface area contributed by atoms with Crippen LogP contribution < -0.4 is 0 Å². The lowest BCUT2D eigenvalue weighted by Crippen LogP contribution is -2.09. The summed E-state index contributed by atoms with van der Waals surface area (Å²) in [5, 5.41) is 8.33. The molecule has 0 radical (unpaired) electrons. The Kier molecular flexibility index (Phi) is 3.18. The van der Waals surface area contributed by atoms with Crippen molar-refractivity contribution in [1.29, 1.82) is 0 Å². The highest BCUT2D eigenvalue weighted by molar-refractivity contribution is 5.37. The van der Waals surface area contributed by atoms with E-state index in [0.29, 0.717) is 0 Å². The number of hydrogen-bond donors (Lipinski definition) is 0. The van der Waals surface area contributed by atoms with Gasteiger partial charge in [0.2, 0.25) is 0 Å². The minimum absolute atomic E-state index is 0.287. The van der Waals surface area contributed by atoms with E-state index in [2.05, 4.69) is 23.7 Å². The van der Waals surface area contributed by atoms with Gasteiger partial charge in [-0.15, -0.1) is 6.58 Å². The van der Waals surface area contributed by atoms with Crippen LogP contribution in [0.15, 0.2) is 47.1 Å². The van der Waals surface area contributed by atoms with Crippen LogP contribution in [0.4, 0.5) is 5.69 Å². The van der Waals surface area contributed by atoms with Crippen LogP contribution in [-0.4, -0.2) is 5.54 Å². The first-order valence-electron chi connectivity index (χ1n) is 4.67. The first kappa shape index (κ1) is 10.6. The van der Waals surface area contributed by atoms with Gasteiger partial charge in [-0.1, -0.05) is 23.8 Å². The Bertz CT molecular complexity index is 334. The Morgan fingerprint density at radius 2 is 1.79 bits per heavy atom. The van der Waals surface area contributed by atoms with Gasteiger partial charge in [0.05, 0.1) is 11.2 Å². The summed E-state index contributed by atoms with van der Waals surface area (Å²) in [6.45, 7) is 9.70. The van der Waals surface area contributed by atoms with Gasteiger partial charge in [0.25, 0.3) is 0 Å². The molecular formula is C12H16N2.